The molecule has 7 heteroatoms. The molecule has 0 aliphatic heterocycles. The first kappa shape index (κ1) is 10.7. The second-order valence-corrected chi connectivity index (χ2v) is 5.15. The van der Waals surface area contributed by atoms with Crippen molar-refractivity contribution in [3.05, 3.63) is 17.3 Å². The molecule has 0 amide bonds. The maximum Gasteiger partial charge on any atom is 0.257 e. The summed E-state index contributed by atoms with van der Waals surface area (Å²) in [4.78, 5) is 3.61. The van der Waals surface area contributed by atoms with Gasteiger partial charge in [-0.2, -0.15) is 0 Å². The highest BCUT2D eigenvalue weighted by Gasteiger charge is 2.26. The summed E-state index contributed by atoms with van der Waals surface area (Å²) < 4.78 is 27.6. The van der Waals surface area contributed by atoms with E-state index in [9.17, 15) is 8.42 Å². The van der Waals surface area contributed by atoms with Crippen LogP contribution in [-0.2, 0) is 10.0 Å². The van der Waals surface area contributed by atoms with E-state index in [1.165, 1.54) is 12.3 Å². The molecule has 1 aliphatic carbocycles. The topological polar surface area (TPSA) is 82.3 Å². The molecule has 1 aliphatic rings. The average Bonchev–Trinajstić information content (AvgIpc) is 2.90. The molecule has 1 aromatic heterocycles. The van der Waals surface area contributed by atoms with Gasteiger partial charge >= 0.3 is 0 Å². The predicted molar refractivity (Wildman–Crippen MR) is 54.3 cm³/mol. The monoisotopic (exact) mass is 248 g/mol. The lowest BCUT2D eigenvalue weighted by atomic mass is 10.4. The van der Waals surface area contributed by atoms with E-state index in [2.05, 4.69) is 4.98 Å². The molecule has 2 rings (SSSR count). The molecule has 15 heavy (non-hydrogen) atoms. The van der Waals surface area contributed by atoms with E-state index < -0.39 is 10.0 Å². The maximum absolute atomic E-state index is 11.1. The quantitative estimate of drug-likeness (QED) is 0.862. The van der Waals surface area contributed by atoms with Crippen molar-refractivity contribution in [2.24, 2.45) is 5.14 Å². The predicted octanol–water partition coefficient (Wildman–Crippen LogP) is 0.924. The first-order valence-corrected chi connectivity index (χ1v) is 6.25. The van der Waals surface area contributed by atoms with Crippen LogP contribution in [0.25, 0.3) is 0 Å². The van der Waals surface area contributed by atoms with Crippen LogP contribution in [0.2, 0.25) is 5.02 Å². The van der Waals surface area contributed by atoms with Crippen molar-refractivity contribution >= 4 is 21.6 Å². The molecule has 0 bridgehead atoms. The van der Waals surface area contributed by atoms with Gasteiger partial charge < -0.3 is 4.74 Å². The number of ether oxygens (including phenoxy) is 1. The third-order valence-corrected chi connectivity index (χ3v) is 3.24. The Balaban J connectivity index is 2.40. The van der Waals surface area contributed by atoms with Crippen molar-refractivity contribution < 1.29 is 13.2 Å². The van der Waals surface area contributed by atoms with Crippen LogP contribution in [-0.4, -0.2) is 19.5 Å². The molecule has 1 aromatic rings. The lowest BCUT2D eigenvalue weighted by molar-refractivity contribution is 0.302. The van der Waals surface area contributed by atoms with E-state index in [0.717, 1.165) is 12.8 Å². The van der Waals surface area contributed by atoms with Gasteiger partial charge in [0, 0.05) is 12.3 Å². The van der Waals surface area contributed by atoms with Crippen LogP contribution >= 0.6 is 11.6 Å². The van der Waals surface area contributed by atoms with Gasteiger partial charge in [-0.05, 0) is 12.8 Å². The van der Waals surface area contributed by atoms with E-state index in [1.54, 1.807) is 0 Å². The summed E-state index contributed by atoms with van der Waals surface area (Å²) in [5.41, 5.74) is 0. The molecule has 82 valence electrons. The van der Waals surface area contributed by atoms with Gasteiger partial charge in [-0.25, -0.2) is 18.5 Å². The molecule has 1 heterocycles. The standard InChI is InChI=1S/C8H9ClN2O3S/c9-7-6(14-5-1-2-5)3-4-11-8(7)15(10,12)13/h3-5H,1-2H2,(H2,10,12,13). The molecular formula is C8H9ClN2O3S. The van der Waals surface area contributed by atoms with Gasteiger partial charge in [0.15, 0.2) is 5.03 Å². The van der Waals surface area contributed by atoms with Crippen LogP contribution in [0.1, 0.15) is 12.8 Å². The van der Waals surface area contributed by atoms with Crippen molar-refractivity contribution in [3.8, 4) is 5.75 Å². The first-order valence-electron chi connectivity index (χ1n) is 4.32. The van der Waals surface area contributed by atoms with Crippen molar-refractivity contribution in [1.29, 1.82) is 0 Å². The number of sulfonamides is 1. The summed E-state index contributed by atoms with van der Waals surface area (Å²) >= 11 is 5.82. The highest BCUT2D eigenvalue weighted by atomic mass is 35.5. The zero-order chi connectivity index (χ0) is 11.1. The molecule has 0 unspecified atom stereocenters. The molecule has 0 atom stereocenters. The molecule has 0 spiro atoms. The summed E-state index contributed by atoms with van der Waals surface area (Å²) in [6, 6.07) is 1.52. The SMILES string of the molecule is NS(=O)(=O)c1nccc(OC2CC2)c1Cl. The van der Waals surface area contributed by atoms with Gasteiger partial charge in [-0.1, -0.05) is 11.6 Å². The first-order chi connectivity index (χ1) is 6.98. The van der Waals surface area contributed by atoms with Crippen molar-refractivity contribution in [2.75, 3.05) is 0 Å². The number of halogens is 1. The largest absolute Gasteiger partial charge is 0.489 e. The van der Waals surface area contributed by atoms with Crippen LogP contribution < -0.4 is 9.88 Å². The number of hydrogen-bond acceptors (Lipinski definition) is 4. The van der Waals surface area contributed by atoms with Crippen LogP contribution in [0.3, 0.4) is 0 Å². The van der Waals surface area contributed by atoms with Crippen LogP contribution in [0.4, 0.5) is 0 Å². The Hall–Kier alpha value is -0.850. The van der Waals surface area contributed by atoms with E-state index in [1.807, 2.05) is 0 Å². The normalized spacial score (nSPS) is 16.4. The minimum Gasteiger partial charge on any atom is -0.489 e. The minimum atomic E-state index is -3.89. The Morgan fingerprint density at radius 1 is 1.53 bits per heavy atom. The molecule has 0 aromatic carbocycles. The minimum absolute atomic E-state index is 0.0492. The third-order valence-electron chi connectivity index (χ3n) is 1.91. The Morgan fingerprint density at radius 2 is 2.20 bits per heavy atom. The molecule has 5 nitrogen and oxygen atoms in total. The van der Waals surface area contributed by atoms with Crippen molar-refractivity contribution in [3.63, 3.8) is 0 Å². The van der Waals surface area contributed by atoms with Gasteiger partial charge in [0.05, 0.1) is 6.10 Å². The van der Waals surface area contributed by atoms with Crippen LogP contribution in [0.5, 0.6) is 5.75 Å². The fraction of sp³-hybridized carbons (Fsp3) is 0.375. The summed E-state index contributed by atoms with van der Waals surface area (Å²) in [5, 5.41) is 4.55. The third kappa shape index (κ3) is 2.39. The van der Waals surface area contributed by atoms with Crippen LogP contribution in [0.15, 0.2) is 17.3 Å². The Labute approximate surface area is 92.3 Å². The zero-order valence-corrected chi connectivity index (χ0v) is 9.25. The second kappa shape index (κ2) is 3.62. The number of hydrogen-bond donors (Lipinski definition) is 1. The number of rotatable bonds is 3. The molecule has 1 saturated carbocycles. The molecule has 0 saturated heterocycles. The molecule has 0 radical (unpaired) electrons. The average molecular weight is 249 g/mol. The van der Waals surface area contributed by atoms with E-state index in [0.29, 0.717) is 5.75 Å². The fourth-order valence-corrected chi connectivity index (χ4v) is 2.10. The highest BCUT2D eigenvalue weighted by Crippen LogP contribution is 2.33. The summed E-state index contributed by atoms with van der Waals surface area (Å²) in [6.45, 7) is 0. The van der Waals surface area contributed by atoms with E-state index in [4.69, 9.17) is 21.5 Å². The molecular weight excluding hydrogens is 240 g/mol. The van der Waals surface area contributed by atoms with Gasteiger partial charge in [0.2, 0.25) is 0 Å². The lowest BCUT2D eigenvalue weighted by Crippen LogP contribution is -2.15. The zero-order valence-electron chi connectivity index (χ0n) is 7.68. The highest BCUT2D eigenvalue weighted by molar-refractivity contribution is 7.89. The Morgan fingerprint density at radius 3 is 2.73 bits per heavy atom. The second-order valence-electron chi connectivity index (χ2n) is 3.29. The number of nitrogens with zero attached hydrogens (tertiary/aromatic N) is 1. The number of nitrogens with two attached hydrogens (primary N) is 1. The van der Waals surface area contributed by atoms with Gasteiger partial charge in [0.25, 0.3) is 10.0 Å². The fourth-order valence-electron chi connectivity index (χ4n) is 1.06. The Bertz CT molecular complexity index is 485. The Kier molecular flexibility index (Phi) is 2.57. The van der Waals surface area contributed by atoms with E-state index in [-0.39, 0.29) is 16.2 Å². The molecule has 2 N–H and O–H groups in total. The van der Waals surface area contributed by atoms with Gasteiger partial charge in [0.1, 0.15) is 10.8 Å². The summed E-state index contributed by atoms with van der Waals surface area (Å²) in [6.07, 6.45) is 3.37. The van der Waals surface area contributed by atoms with Gasteiger partial charge in [-0.3, -0.25) is 0 Å². The smallest absolute Gasteiger partial charge is 0.257 e. The number of pyridine rings is 1. The maximum atomic E-state index is 11.1. The van der Waals surface area contributed by atoms with Crippen LogP contribution in [0, 0.1) is 0 Å². The van der Waals surface area contributed by atoms with Gasteiger partial charge in [-0.15, -0.1) is 0 Å². The number of primary sulfonamides is 1. The lowest BCUT2D eigenvalue weighted by Gasteiger charge is -2.08. The number of aromatic nitrogens is 1. The summed E-state index contributed by atoms with van der Waals surface area (Å²) in [7, 11) is -3.89. The van der Waals surface area contributed by atoms with Crippen molar-refractivity contribution in [2.45, 2.75) is 24.0 Å². The van der Waals surface area contributed by atoms with Crippen molar-refractivity contribution in [1.82, 2.24) is 4.98 Å². The summed E-state index contributed by atoms with van der Waals surface area (Å²) in [5.74, 6) is 0.318. The van der Waals surface area contributed by atoms with E-state index >= 15 is 0 Å². The molecule has 1 fully saturated rings.